The van der Waals surface area contributed by atoms with E-state index in [1.165, 1.54) is 19.1 Å². The molecule has 1 aromatic carbocycles. The number of benzene rings is 1. The summed E-state index contributed by atoms with van der Waals surface area (Å²) in [6.07, 6.45) is 0. The molecule has 1 rings (SSSR count). The predicted molar refractivity (Wildman–Crippen MR) is 55.0 cm³/mol. The molecule has 0 spiro atoms. The van der Waals surface area contributed by atoms with Gasteiger partial charge in [-0.05, 0) is 19.1 Å². The van der Waals surface area contributed by atoms with E-state index < -0.39 is 5.91 Å². The van der Waals surface area contributed by atoms with Gasteiger partial charge in [-0.1, -0.05) is 23.2 Å². The van der Waals surface area contributed by atoms with Crippen molar-refractivity contribution < 1.29 is 9.59 Å². The Kier molecular flexibility index (Phi) is 3.13. The SMILES string of the molecule is CC(=O)c1cc(Cl)c(C(N)=O)c(Cl)c1. The highest BCUT2D eigenvalue weighted by molar-refractivity contribution is 6.40. The zero-order chi connectivity index (χ0) is 10.9. The quantitative estimate of drug-likeness (QED) is 0.795. The monoisotopic (exact) mass is 231 g/mol. The first kappa shape index (κ1) is 11.0. The highest BCUT2D eigenvalue weighted by Crippen LogP contribution is 2.26. The molecule has 14 heavy (non-hydrogen) atoms. The average molecular weight is 232 g/mol. The summed E-state index contributed by atoms with van der Waals surface area (Å²) in [5.41, 5.74) is 5.44. The van der Waals surface area contributed by atoms with Crippen LogP contribution in [0.4, 0.5) is 0 Å². The fraction of sp³-hybridized carbons (Fsp3) is 0.111. The summed E-state index contributed by atoms with van der Waals surface area (Å²) < 4.78 is 0. The molecule has 2 N–H and O–H groups in total. The number of nitrogens with two attached hydrogens (primary N) is 1. The highest BCUT2D eigenvalue weighted by atomic mass is 35.5. The van der Waals surface area contributed by atoms with Crippen LogP contribution in [0, 0.1) is 0 Å². The average Bonchev–Trinajstić information content (AvgIpc) is 2.01. The fourth-order valence-corrected chi connectivity index (χ4v) is 1.69. The maximum absolute atomic E-state index is 11.0. The van der Waals surface area contributed by atoms with E-state index in [2.05, 4.69) is 0 Å². The number of amides is 1. The van der Waals surface area contributed by atoms with E-state index in [0.717, 1.165) is 0 Å². The van der Waals surface area contributed by atoms with E-state index in [1.807, 2.05) is 0 Å². The first-order valence-electron chi connectivity index (χ1n) is 3.73. The fourth-order valence-electron chi connectivity index (χ4n) is 1.01. The Bertz CT molecular complexity index is 392. The maximum atomic E-state index is 11.0. The first-order valence-corrected chi connectivity index (χ1v) is 4.49. The van der Waals surface area contributed by atoms with Crippen LogP contribution in [0.15, 0.2) is 12.1 Å². The van der Waals surface area contributed by atoms with Crippen LogP contribution in [0.3, 0.4) is 0 Å². The van der Waals surface area contributed by atoms with Gasteiger partial charge in [0.2, 0.25) is 0 Å². The molecule has 0 fully saturated rings. The third kappa shape index (κ3) is 2.05. The van der Waals surface area contributed by atoms with Crippen LogP contribution in [0.25, 0.3) is 0 Å². The Hall–Kier alpha value is -1.06. The Balaban J connectivity index is 3.39. The lowest BCUT2D eigenvalue weighted by Gasteiger charge is -2.04. The van der Waals surface area contributed by atoms with Crippen LogP contribution in [-0.2, 0) is 0 Å². The van der Waals surface area contributed by atoms with Crippen LogP contribution in [0.5, 0.6) is 0 Å². The Morgan fingerprint density at radius 2 is 1.64 bits per heavy atom. The van der Waals surface area contributed by atoms with Gasteiger partial charge in [-0.2, -0.15) is 0 Å². The Morgan fingerprint density at radius 1 is 1.21 bits per heavy atom. The minimum absolute atomic E-state index is 0.0401. The van der Waals surface area contributed by atoms with Gasteiger partial charge in [0, 0.05) is 5.56 Å². The summed E-state index contributed by atoms with van der Waals surface area (Å²) >= 11 is 11.5. The molecule has 0 heterocycles. The van der Waals surface area contributed by atoms with Crippen LogP contribution < -0.4 is 5.73 Å². The number of carbonyl (C=O) groups excluding carboxylic acids is 2. The summed E-state index contributed by atoms with van der Waals surface area (Å²) in [5.74, 6) is -0.889. The number of rotatable bonds is 2. The zero-order valence-corrected chi connectivity index (χ0v) is 8.82. The minimum Gasteiger partial charge on any atom is -0.366 e. The third-order valence-electron chi connectivity index (χ3n) is 1.70. The third-order valence-corrected chi connectivity index (χ3v) is 2.29. The van der Waals surface area contributed by atoms with Gasteiger partial charge >= 0.3 is 0 Å². The second-order valence-electron chi connectivity index (χ2n) is 2.74. The topological polar surface area (TPSA) is 60.2 Å². The molecule has 0 bridgehead atoms. The molecule has 0 atom stereocenters. The van der Waals surface area contributed by atoms with Crippen molar-refractivity contribution in [1.82, 2.24) is 0 Å². The standard InChI is InChI=1S/C9H7Cl2NO2/c1-4(13)5-2-6(10)8(9(12)14)7(11)3-5/h2-3H,1H3,(H2,12,14). The molecule has 74 valence electrons. The van der Waals surface area contributed by atoms with Crippen molar-refractivity contribution in [1.29, 1.82) is 0 Å². The molecular formula is C9H7Cl2NO2. The second-order valence-corrected chi connectivity index (χ2v) is 3.55. The molecule has 0 aromatic heterocycles. The van der Waals surface area contributed by atoms with Gasteiger partial charge < -0.3 is 5.73 Å². The molecule has 1 aromatic rings. The normalized spacial score (nSPS) is 9.93. The first-order chi connectivity index (χ1) is 6.43. The van der Waals surface area contributed by atoms with Crippen molar-refractivity contribution in [3.05, 3.63) is 33.3 Å². The molecule has 0 unspecified atom stereocenters. The van der Waals surface area contributed by atoms with E-state index in [1.54, 1.807) is 0 Å². The van der Waals surface area contributed by atoms with Crippen molar-refractivity contribution >= 4 is 34.9 Å². The van der Waals surface area contributed by atoms with Crippen LogP contribution in [-0.4, -0.2) is 11.7 Å². The van der Waals surface area contributed by atoms with Crippen LogP contribution >= 0.6 is 23.2 Å². The van der Waals surface area contributed by atoms with Crippen molar-refractivity contribution in [2.75, 3.05) is 0 Å². The summed E-state index contributed by atoms with van der Waals surface area (Å²) in [5, 5.41) is 0.186. The van der Waals surface area contributed by atoms with E-state index in [4.69, 9.17) is 28.9 Å². The van der Waals surface area contributed by atoms with Crippen molar-refractivity contribution in [3.63, 3.8) is 0 Å². The Morgan fingerprint density at radius 3 is 1.93 bits per heavy atom. The number of hydrogen-bond donors (Lipinski definition) is 1. The van der Waals surface area contributed by atoms with E-state index in [9.17, 15) is 9.59 Å². The maximum Gasteiger partial charge on any atom is 0.251 e. The largest absolute Gasteiger partial charge is 0.366 e. The lowest BCUT2D eigenvalue weighted by atomic mass is 10.1. The van der Waals surface area contributed by atoms with Gasteiger partial charge in [-0.3, -0.25) is 9.59 Å². The molecule has 0 radical (unpaired) electrons. The molecule has 3 nitrogen and oxygen atoms in total. The molecule has 0 aliphatic heterocycles. The second kappa shape index (κ2) is 3.98. The number of Topliss-reactive ketones (excluding diaryl/α,β-unsaturated/α-hetero) is 1. The van der Waals surface area contributed by atoms with Gasteiger partial charge in [0.1, 0.15) is 0 Å². The zero-order valence-electron chi connectivity index (χ0n) is 7.30. The van der Waals surface area contributed by atoms with E-state index in [0.29, 0.717) is 5.56 Å². The van der Waals surface area contributed by atoms with Gasteiger partial charge in [0.05, 0.1) is 15.6 Å². The number of hydrogen-bond acceptors (Lipinski definition) is 2. The summed E-state index contributed by atoms with van der Waals surface area (Å²) in [6, 6.07) is 2.74. The molecular weight excluding hydrogens is 225 g/mol. The molecule has 0 saturated heterocycles. The molecule has 0 aliphatic carbocycles. The Labute approximate surface area is 90.8 Å². The van der Waals surface area contributed by atoms with Gasteiger partial charge in [-0.25, -0.2) is 0 Å². The lowest BCUT2D eigenvalue weighted by molar-refractivity contribution is 0.0993. The molecule has 0 saturated carbocycles. The van der Waals surface area contributed by atoms with E-state index in [-0.39, 0.29) is 21.4 Å². The highest BCUT2D eigenvalue weighted by Gasteiger charge is 2.14. The van der Waals surface area contributed by atoms with Crippen molar-refractivity contribution in [2.45, 2.75) is 6.92 Å². The van der Waals surface area contributed by atoms with Gasteiger partial charge in [0.15, 0.2) is 5.78 Å². The number of primary amides is 1. The summed E-state index contributed by atoms with van der Waals surface area (Å²) in [4.78, 5) is 21.9. The lowest BCUT2D eigenvalue weighted by Crippen LogP contribution is -2.13. The van der Waals surface area contributed by atoms with Gasteiger partial charge in [0.25, 0.3) is 5.91 Å². The summed E-state index contributed by atoms with van der Waals surface area (Å²) in [6.45, 7) is 1.38. The smallest absolute Gasteiger partial charge is 0.251 e. The van der Waals surface area contributed by atoms with Crippen molar-refractivity contribution in [3.8, 4) is 0 Å². The van der Waals surface area contributed by atoms with Gasteiger partial charge in [-0.15, -0.1) is 0 Å². The van der Waals surface area contributed by atoms with E-state index >= 15 is 0 Å². The predicted octanol–water partition coefficient (Wildman–Crippen LogP) is 2.29. The number of halogens is 2. The molecule has 5 heteroatoms. The van der Waals surface area contributed by atoms with Crippen LogP contribution in [0.1, 0.15) is 27.6 Å². The number of ketones is 1. The van der Waals surface area contributed by atoms with Crippen molar-refractivity contribution in [2.24, 2.45) is 5.73 Å². The molecule has 0 aliphatic rings. The van der Waals surface area contributed by atoms with Crippen LogP contribution in [0.2, 0.25) is 10.0 Å². The summed E-state index contributed by atoms with van der Waals surface area (Å²) in [7, 11) is 0. The molecule has 1 amide bonds. The minimum atomic E-state index is -0.713. The number of carbonyl (C=O) groups is 2.